The number of aryl methyl sites for hydroxylation is 2. The molecule has 0 aliphatic carbocycles. The molecule has 154 valence electrons. The third-order valence-corrected chi connectivity index (χ3v) is 6.30. The first kappa shape index (κ1) is 18.9. The van der Waals surface area contributed by atoms with Gasteiger partial charge in [-0.15, -0.1) is 0 Å². The van der Waals surface area contributed by atoms with E-state index in [-0.39, 0.29) is 23.4 Å². The van der Waals surface area contributed by atoms with E-state index in [1.165, 1.54) is 0 Å². The fourth-order valence-electron chi connectivity index (χ4n) is 4.73. The smallest absolute Gasteiger partial charge is 0.237 e. The van der Waals surface area contributed by atoms with E-state index < -0.39 is 11.5 Å². The van der Waals surface area contributed by atoms with Crippen molar-refractivity contribution >= 4 is 29.1 Å². The molecular weight excluding hydrogens is 406 g/mol. The second-order valence-electron chi connectivity index (χ2n) is 7.72. The maximum Gasteiger partial charge on any atom is 0.237 e. The first-order valence-corrected chi connectivity index (χ1v) is 10.2. The summed E-state index contributed by atoms with van der Waals surface area (Å²) >= 11 is 5.80. The van der Waals surface area contributed by atoms with Crippen LogP contribution in [0.4, 0.5) is 5.69 Å². The van der Waals surface area contributed by atoms with Gasteiger partial charge in [0.05, 0.1) is 0 Å². The van der Waals surface area contributed by atoms with Crippen LogP contribution < -0.4 is 5.32 Å². The molecule has 0 bridgehead atoms. The van der Waals surface area contributed by atoms with Gasteiger partial charge in [-0.2, -0.15) is 0 Å². The highest BCUT2D eigenvalue weighted by atomic mass is 35.5. The van der Waals surface area contributed by atoms with Gasteiger partial charge in [0.25, 0.3) is 0 Å². The normalized spacial score (nSPS) is 22.5. The zero-order valence-corrected chi connectivity index (χ0v) is 17.1. The standard InChI is InChI=1S/C21H20ClN5O3/c1-26-11-9-23-19(26)18-21(14-4-2-3-5-15(14)24-20(21)29)8-10-27(18)17(28)7-6-13-12-16(22)25-30-13/h2-5,9,11-12,18H,6-8,10H2,1H3,(H,24,29)/t18-,21+/m0/s1. The first-order chi connectivity index (χ1) is 14.5. The molecule has 1 saturated heterocycles. The van der Waals surface area contributed by atoms with Crippen molar-refractivity contribution in [3.63, 3.8) is 0 Å². The third kappa shape index (κ3) is 2.74. The zero-order chi connectivity index (χ0) is 20.9. The van der Waals surface area contributed by atoms with Crippen LogP contribution in [0.2, 0.25) is 5.15 Å². The van der Waals surface area contributed by atoms with Gasteiger partial charge < -0.3 is 19.3 Å². The number of nitrogens with zero attached hydrogens (tertiary/aromatic N) is 4. The Morgan fingerprint density at radius 2 is 2.23 bits per heavy atom. The average molecular weight is 426 g/mol. The van der Waals surface area contributed by atoms with Crippen molar-refractivity contribution in [3.05, 3.63) is 65.0 Å². The average Bonchev–Trinajstić information content (AvgIpc) is 3.49. The Labute approximate surface area is 177 Å². The highest BCUT2D eigenvalue weighted by Gasteiger charge is 2.60. The number of carbonyl (C=O) groups is 2. The molecule has 5 rings (SSSR count). The Hall–Kier alpha value is -3.13. The summed E-state index contributed by atoms with van der Waals surface area (Å²) in [6.45, 7) is 0.468. The minimum atomic E-state index is -0.860. The molecule has 30 heavy (non-hydrogen) atoms. The molecule has 9 heteroatoms. The number of benzene rings is 1. The molecule has 4 heterocycles. The first-order valence-electron chi connectivity index (χ1n) is 9.79. The predicted molar refractivity (Wildman–Crippen MR) is 109 cm³/mol. The number of halogens is 1. The van der Waals surface area contributed by atoms with Crippen LogP contribution in [0.15, 0.2) is 47.2 Å². The second-order valence-corrected chi connectivity index (χ2v) is 8.11. The highest BCUT2D eigenvalue weighted by molar-refractivity contribution is 6.29. The SMILES string of the molecule is Cn1ccnc1[C@@H]1N(C(=O)CCc2cc(Cl)no2)CC[C@]12C(=O)Nc1ccccc12. The Kier molecular flexibility index (Phi) is 4.39. The van der Waals surface area contributed by atoms with Crippen LogP contribution in [0.1, 0.15) is 36.0 Å². The minimum absolute atomic E-state index is 0.0652. The summed E-state index contributed by atoms with van der Waals surface area (Å²) in [6, 6.07) is 8.80. The van der Waals surface area contributed by atoms with Crippen LogP contribution >= 0.6 is 11.6 Å². The van der Waals surface area contributed by atoms with Gasteiger partial charge in [-0.1, -0.05) is 35.0 Å². The molecule has 2 amide bonds. The molecule has 0 saturated carbocycles. The third-order valence-electron chi connectivity index (χ3n) is 6.13. The van der Waals surface area contributed by atoms with Crippen LogP contribution in [-0.2, 0) is 28.5 Å². The van der Waals surface area contributed by atoms with Crippen molar-refractivity contribution in [2.45, 2.75) is 30.7 Å². The number of aromatic nitrogens is 3. The molecular formula is C21H20ClN5O3. The number of imidazole rings is 1. The van der Waals surface area contributed by atoms with Gasteiger partial charge in [-0.05, 0) is 18.1 Å². The summed E-state index contributed by atoms with van der Waals surface area (Å²) in [4.78, 5) is 32.9. The van der Waals surface area contributed by atoms with Crippen LogP contribution in [0.25, 0.3) is 0 Å². The number of likely N-dealkylation sites (tertiary alicyclic amines) is 1. The van der Waals surface area contributed by atoms with Gasteiger partial charge in [0.1, 0.15) is 23.0 Å². The maximum atomic E-state index is 13.3. The van der Waals surface area contributed by atoms with Gasteiger partial charge in [-0.25, -0.2) is 4.98 Å². The maximum absolute atomic E-state index is 13.3. The molecule has 3 aromatic rings. The summed E-state index contributed by atoms with van der Waals surface area (Å²) in [5.41, 5.74) is 0.855. The summed E-state index contributed by atoms with van der Waals surface area (Å²) in [6.07, 6.45) is 4.68. The number of rotatable bonds is 4. The van der Waals surface area contributed by atoms with E-state index >= 15 is 0 Å². The van der Waals surface area contributed by atoms with Crippen LogP contribution in [0, 0.1) is 0 Å². The van der Waals surface area contributed by atoms with Crippen LogP contribution in [0.3, 0.4) is 0 Å². The van der Waals surface area contributed by atoms with E-state index in [2.05, 4.69) is 15.5 Å². The molecule has 8 nitrogen and oxygen atoms in total. The topological polar surface area (TPSA) is 93.3 Å². The Morgan fingerprint density at radius 1 is 1.40 bits per heavy atom. The molecule has 1 spiro atoms. The van der Waals surface area contributed by atoms with Crippen molar-refractivity contribution < 1.29 is 14.1 Å². The minimum Gasteiger partial charge on any atom is -0.360 e. The molecule has 0 unspecified atom stereocenters. The van der Waals surface area contributed by atoms with E-state index in [1.54, 1.807) is 17.2 Å². The number of nitrogens with one attached hydrogen (secondary N) is 1. The van der Waals surface area contributed by atoms with E-state index in [1.807, 2.05) is 42.1 Å². The van der Waals surface area contributed by atoms with Gasteiger partial charge in [0.15, 0.2) is 5.15 Å². The lowest BCUT2D eigenvalue weighted by molar-refractivity contribution is -0.133. The van der Waals surface area contributed by atoms with Crippen molar-refractivity contribution in [3.8, 4) is 0 Å². The number of hydrogen-bond acceptors (Lipinski definition) is 5. The number of hydrogen-bond donors (Lipinski definition) is 1. The highest BCUT2D eigenvalue weighted by Crippen LogP contribution is 2.54. The number of carbonyl (C=O) groups excluding carboxylic acids is 2. The van der Waals surface area contributed by atoms with E-state index in [0.717, 1.165) is 11.3 Å². The monoisotopic (exact) mass is 425 g/mol. The second kappa shape index (κ2) is 6.98. The summed E-state index contributed by atoms with van der Waals surface area (Å²) < 4.78 is 7.00. The summed E-state index contributed by atoms with van der Waals surface area (Å²) in [5.74, 6) is 1.09. The molecule has 1 N–H and O–H groups in total. The van der Waals surface area contributed by atoms with Crippen molar-refractivity contribution in [1.29, 1.82) is 0 Å². The zero-order valence-electron chi connectivity index (χ0n) is 16.3. The lowest BCUT2D eigenvalue weighted by Gasteiger charge is -2.33. The molecule has 1 fully saturated rings. The lowest BCUT2D eigenvalue weighted by Crippen LogP contribution is -2.43. The fraction of sp³-hybridized carbons (Fsp3) is 0.333. The van der Waals surface area contributed by atoms with Crippen LogP contribution in [0.5, 0.6) is 0 Å². The Balaban J connectivity index is 1.52. The van der Waals surface area contributed by atoms with Gasteiger partial charge in [0.2, 0.25) is 11.8 Å². The molecule has 2 aromatic heterocycles. The Bertz CT molecular complexity index is 1140. The quantitative estimate of drug-likeness (QED) is 0.693. The number of amides is 2. The van der Waals surface area contributed by atoms with E-state index in [9.17, 15) is 9.59 Å². The van der Waals surface area contributed by atoms with Crippen molar-refractivity contribution in [1.82, 2.24) is 19.6 Å². The number of anilines is 1. The molecule has 1 aromatic carbocycles. The van der Waals surface area contributed by atoms with E-state index in [4.69, 9.17) is 16.1 Å². The Morgan fingerprint density at radius 3 is 2.97 bits per heavy atom. The van der Waals surface area contributed by atoms with Crippen LogP contribution in [-0.4, -0.2) is 38.0 Å². The lowest BCUT2D eigenvalue weighted by atomic mass is 9.74. The molecule has 2 aliphatic rings. The fourth-order valence-corrected chi connectivity index (χ4v) is 4.89. The van der Waals surface area contributed by atoms with Gasteiger partial charge >= 0.3 is 0 Å². The summed E-state index contributed by atoms with van der Waals surface area (Å²) in [7, 11) is 1.88. The van der Waals surface area contributed by atoms with Crippen molar-refractivity contribution in [2.24, 2.45) is 7.05 Å². The largest absolute Gasteiger partial charge is 0.360 e. The number of fused-ring (bicyclic) bond motifs is 2. The van der Waals surface area contributed by atoms with Crippen molar-refractivity contribution in [2.75, 3.05) is 11.9 Å². The van der Waals surface area contributed by atoms with E-state index in [0.29, 0.717) is 31.0 Å². The molecule has 0 radical (unpaired) electrons. The molecule has 2 aliphatic heterocycles. The number of para-hydroxylation sites is 1. The van der Waals surface area contributed by atoms with Gasteiger partial charge in [0, 0.05) is 50.6 Å². The summed E-state index contributed by atoms with van der Waals surface area (Å²) in [5, 5.41) is 6.93. The van der Waals surface area contributed by atoms with Gasteiger partial charge in [-0.3, -0.25) is 9.59 Å². The predicted octanol–water partition coefficient (Wildman–Crippen LogP) is 2.86. The molecule has 2 atom stereocenters.